The molecule has 0 aliphatic heterocycles. The summed E-state index contributed by atoms with van der Waals surface area (Å²) in [6, 6.07) is 0. The molecule has 0 bridgehead atoms. The molecule has 0 aromatic carbocycles. The van der Waals surface area contributed by atoms with Gasteiger partial charge in [0.05, 0.1) is 0 Å². The molecule has 0 spiro atoms. The van der Waals surface area contributed by atoms with Crippen LogP contribution in [0.15, 0.2) is 45.7 Å². The summed E-state index contributed by atoms with van der Waals surface area (Å²) >= 11 is 0.310. The maximum absolute atomic E-state index is 2.43. The third kappa shape index (κ3) is 2.40. The summed E-state index contributed by atoms with van der Waals surface area (Å²) < 4.78 is 2.08. The first kappa shape index (κ1) is 11.1. The molecule has 2 rings (SSSR count). The van der Waals surface area contributed by atoms with Crippen molar-refractivity contribution in [1.29, 1.82) is 0 Å². The molecule has 0 nitrogen and oxygen atoms in total. The van der Waals surface area contributed by atoms with Crippen LogP contribution in [0, 0.1) is 0 Å². The van der Waals surface area contributed by atoms with Crippen LogP contribution in [0.3, 0.4) is 0 Å². The van der Waals surface area contributed by atoms with Crippen molar-refractivity contribution in [1.82, 2.24) is 0 Å². The first-order valence-electron chi connectivity index (χ1n) is 5.54. The summed E-state index contributed by atoms with van der Waals surface area (Å²) in [5.41, 5.74) is 3.03. The quantitative estimate of drug-likeness (QED) is 0.675. The van der Waals surface area contributed by atoms with E-state index in [0.29, 0.717) is 21.1 Å². The van der Waals surface area contributed by atoms with Gasteiger partial charge in [0.25, 0.3) is 0 Å². The zero-order valence-corrected chi connectivity index (χ0v) is 11.4. The van der Waals surface area contributed by atoms with E-state index >= 15 is 0 Å². The Morgan fingerprint density at radius 2 is 2.20 bits per heavy atom. The molecular formula is C14H18Ru. The third-order valence-corrected chi connectivity index (χ3v) is 5.72. The van der Waals surface area contributed by atoms with E-state index in [2.05, 4.69) is 51.2 Å². The molecule has 0 radical (unpaired) electrons. The van der Waals surface area contributed by atoms with E-state index in [-0.39, 0.29) is 0 Å². The van der Waals surface area contributed by atoms with Gasteiger partial charge in [0.2, 0.25) is 0 Å². The number of hydrogen-bond acceptors (Lipinski definition) is 0. The monoisotopic (exact) mass is 288 g/mol. The summed E-state index contributed by atoms with van der Waals surface area (Å²) in [6.45, 7) is 6.83. The predicted molar refractivity (Wildman–Crippen MR) is 62.3 cm³/mol. The van der Waals surface area contributed by atoms with E-state index < -0.39 is 0 Å². The second-order valence-electron chi connectivity index (χ2n) is 4.31. The molecule has 0 heterocycles. The number of allylic oxidation sites excluding steroid dienone is 8. The minimum atomic E-state index is 0.310. The average molecular weight is 287 g/mol. The van der Waals surface area contributed by atoms with Gasteiger partial charge >= 0.3 is 100 Å². The molecule has 0 saturated heterocycles. The van der Waals surface area contributed by atoms with Crippen molar-refractivity contribution in [2.45, 2.75) is 37.6 Å². The molecule has 1 heteroatoms. The van der Waals surface area contributed by atoms with Gasteiger partial charge in [0, 0.05) is 0 Å². The topological polar surface area (TPSA) is 0 Å². The number of hydrogen-bond donors (Lipinski definition) is 0. The van der Waals surface area contributed by atoms with Crippen molar-refractivity contribution in [3.63, 3.8) is 0 Å². The summed E-state index contributed by atoms with van der Waals surface area (Å²) in [4.78, 5) is 0. The molecule has 15 heavy (non-hydrogen) atoms. The fourth-order valence-corrected chi connectivity index (χ4v) is 5.09. The molecule has 1 unspecified atom stereocenters. The van der Waals surface area contributed by atoms with E-state index in [1.165, 1.54) is 18.4 Å². The van der Waals surface area contributed by atoms with Crippen LogP contribution in [0.2, 0.25) is 4.01 Å². The van der Waals surface area contributed by atoms with Gasteiger partial charge in [-0.1, -0.05) is 0 Å². The second-order valence-corrected chi connectivity index (χ2v) is 7.67. The molecule has 0 fully saturated rings. The maximum atomic E-state index is 2.43. The Morgan fingerprint density at radius 1 is 1.40 bits per heavy atom. The van der Waals surface area contributed by atoms with Gasteiger partial charge in [-0.15, -0.1) is 0 Å². The van der Waals surface area contributed by atoms with Gasteiger partial charge in [-0.05, 0) is 0 Å². The van der Waals surface area contributed by atoms with Crippen LogP contribution in [0.1, 0.15) is 33.6 Å². The summed E-state index contributed by atoms with van der Waals surface area (Å²) in [6.07, 6.45) is 14.1. The summed E-state index contributed by atoms with van der Waals surface area (Å²) in [5.74, 6) is 0. The molecule has 2 aliphatic carbocycles. The Balaban J connectivity index is 2.14. The third-order valence-electron chi connectivity index (χ3n) is 2.80. The van der Waals surface area contributed by atoms with Crippen molar-refractivity contribution in [2.24, 2.45) is 0 Å². The first-order chi connectivity index (χ1) is 7.13. The van der Waals surface area contributed by atoms with Crippen LogP contribution in [0.5, 0.6) is 0 Å². The summed E-state index contributed by atoms with van der Waals surface area (Å²) in [5, 5.41) is 0. The standard InChI is InChI=1S/2C7H9.Ru/c1-6-3-4-7(2)5-6;1-2-7-5-3-4-6-7;/h3-5H,1-2H3;3,5H,2,4H2,1H3;. The summed E-state index contributed by atoms with van der Waals surface area (Å²) in [7, 11) is 0. The Labute approximate surface area is 100 Å². The fraction of sp³-hybridized carbons (Fsp3) is 0.429. The molecule has 0 amide bonds. The van der Waals surface area contributed by atoms with Crippen molar-refractivity contribution in [2.75, 3.05) is 0 Å². The van der Waals surface area contributed by atoms with E-state index in [1.807, 2.05) is 0 Å². The van der Waals surface area contributed by atoms with Crippen molar-refractivity contribution < 1.29 is 17.1 Å². The van der Waals surface area contributed by atoms with Crippen LogP contribution in [0.25, 0.3) is 0 Å². The van der Waals surface area contributed by atoms with Gasteiger partial charge in [-0.2, -0.15) is 0 Å². The Bertz CT molecular complexity index is 382. The van der Waals surface area contributed by atoms with E-state index in [1.54, 1.807) is 9.74 Å². The predicted octanol–water partition coefficient (Wildman–Crippen LogP) is 4.39. The van der Waals surface area contributed by atoms with Gasteiger partial charge < -0.3 is 0 Å². The van der Waals surface area contributed by atoms with Gasteiger partial charge in [0.1, 0.15) is 0 Å². The zero-order chi connectivity index (χ0) is 10.9. The Morgan fingerprint density at radius 3 is 2.80 bits per heavy atom. The van der Waals surface area contributed by atoms with Crippen LogP contribution in [0.4, 0.5) is 0 Å². The normalized spacial score (nSPS) is 29.4. The van der Waals surface area contributed by atoms with Crippen molar-refractivity contribution >= 4 is 0 Å². The van der Waals surface area contributed by atoms with E-state index in [0.717, 1.165) is 0 Å². The van der Waals surface area contributed by atoms with E-state index in [4.69, 9.17) is 0 Å². The fourth-order valence-electron chi connectivity index (χ4n) is 2.03. The van der Waals surface area contributed by atoms with Gasteiger partial charge in [-0.3, -0.25) is 0 Å². The van der Waals surface area contributed by atoms with Gasteiger partial charge in [0.15, 0.2) is 0 Å². The molecule has 1 atom stereocenters. The van der Waals surface area contributed by atoms with Crippen LogP contribution >= 0.6 is 0 Å². The molecule has 0 aromatic rings. The Kier molecular flexibility index (Phi) is 3.12. The van der Waals surface area contributed by atoms with Crippen LogP contribution < -0.4 is 0 Å². The molecule has 2 aliphatic rings. The van der Waals surface area contributed by atoms with Crippen molar-refractivity contribution in [3.05, 3.63) is 45.7 Å². The molecule has 0 saturated carbocycles. The number of rotatable bonds is 3. The SMILES string of the molecule is CCC1=[C]([Ru][C]2(C)C=CC(C)=C2)CC=C1. The Hall–Kier alpha value is -0.417. The molecule has 82 valence electrons. The van der Waals surface area contributed by atoms with Crippen LogP contribution in [-0.2, 0) is 17.1 Å². The van der Waals surface area contributed by atoms with E-state index in [9.17, 15) is 0 Å². The van der Waals surface area contributed by atoms with Gasteiger partial charge in [-0.25, -0.2) is 0 Å². The molecule has 0 aromatic heterocycles. The molecular weight excluding hydrogens is 269 g/mol. The van der Waals surface area contributed by atoms with Crippen LogP contribution in [-0.4, -0.2) is 0 Å². The average Bonchev–Trinajstić information content (AvgIpc) is 2.74. The molecule has 0 N–H and O–H groups in total. The zero-order valence-electron chi connectivity index (χ0n) is 9.65. The second kappa shape index (κ2) is 4.22. The first-order valence-corrected chi connectivity index (χ1v) is 7.27. The van der Waals surface area contributed by atoms with Crippen molar-refractivity contribution in [3.8, 4) is 0 Å². The minimum absolute atomic E-state index is 0.310.